The lowest BCUT2D eigenvalue weighted by atomic mass is 10.1. The fourth-order valence-electron chi connectivity index (χ4n) is 2.02. The lowest BCUT2D eigenvalue weighted by molar-refractivity contribution is -0.116. The second kappa shape index (κ2) is 9.30. The number of allylic oxidation sites excluding steroid dienone is 4. The number of hydrogen-bond acceptors (Lipinski definition) is 4. The van der Waals surface area contributed by atoms with Crippen LogP contribution in [0.1, 0.15) is 12.6 Å². The van der Waals surface area contributed by atoms with E-state index < -0.39 is 6.04 Å². The maximum absolute atomic E-state index is 12.3. The van der Waals surface area contributed by atoms with E-state index in [1.165, 1.54) is 36.0 Å². The van der Waals surface area contributed by atoms with E-state index in [-0.39, 0.29) is 22.8 Å². The number of aromatic nitrogens is 1. The average molecular weight is 359 g/mol. The highest BCUT2D eigenvalue weighted by molar-refractivity contribution is 6.30. The number of hydrogen-bond donors (Lipinski definition) is 2. The summed E-state index contributed by atoms with van der Waals surface area (Å²) in [6, 6.07) is 4.48. The molecule has 25 heavy (non-hydrogen) atoms. The van der Waals surface area contributed by atoms with Crippen molar-refractivity contribution in [1.82, 2.24) is 9.88 Å². The van der Waals surface area contributed by atoms with E-state index in [1.807, 2.05) is 6.07 Å². The van der Waals surface area contributed by atoms with Crippen LogP contribution in [0.5, 0.6) is 0 Å². The lowest BCUT2D eigenvalue weighted by Crippen LogP contribution is -2.32. The zero-order chi connectivity index (χ0) is 19.0. The van der Waals surface area contributed by atoms with Gasteiger partial charge in [-0.2, -0.15) is 5.26 Å². The van der Waals surface area contributed by atoms with Crippen molar-refractivity contribution in [2.45, 2.75) is 13.0 Å². The number of nitrogens with one attached hydrogen (secondary N) is 2. The van der Waals surface area contributed by atoms with Crippen LogP contribution in [0.25, 0.3) is 0 Å². The van der Waals surface area contributed by atoms with E-state index in [9.17, 15) is 9.59 Å². The summed E-state index contributed by atoms with van der Waals surface area (Å²) in [4.78, 5) is 24.5. The zero-order valence-electron chi connectivity index (χ0n) is 14.0. The highest BCUT2D eigenvalue weighted by Gasteiger charge is 2.17. The predicted octanol–water partition coefficient (Wildman–Crippen LogP) is 2.55. The van der Waals surface area contributed by atoms with Crippen LogP contribution in [0.4, 0.5) is 5.69 Å². The number of anilines is 1. The molecule has 0 aliphatic carbocycles. The van der Waals surface area contributed by atoms with Crippen molar-refractivity contribution in [3.63, 3.8) is 0 Å². The first-order chi connectivity index (χ1) is 11.8. The SMILES string of the molecule is C=CNC(=O)/C(=C\C=C\C(=C)Cl)C(C)Nc1ccc(C#N)n(C)c1=O. The summed E-state index contributed by atoms with van der Waals surface area (Å²) in [5.74, 6) is -0.370. The van der Waals surface area contributed by atoms with Crippen molar-refractivity contribution >= 4 is 23.2 Å². The second-order valence-electron chi connectivity index (χ2n) is 5.08. The van der Waals surface area contributed by atoms with Crippen LogP contribution in [0, 0.1) is 11.3 Å². The molecule has 2 N–H and O–H groups in total. The maximum atomic E-state index is 12.3. The molecule has 0 aliphatic rings. The van der Waals surface area contributed by atoms with Crippen LogP contribution in [-0.4, -0.2) is 16.5 Å². The molecule has 7 heteroatoms. The standard InChI is InChI=1S/C18H19ClN4O2/c1-5-21-17(24)15(8-6-7-12(2)19)13(3)22-16-10-9-14(11-20)23(4)18(16)25/h5-10,13,22H,1-2H2,3-4H3,(H,21,24)/b7-6+,15-8-. The van der Waals surface area contributed by atoms with Crippen molar-refractivity contribution in [3.05, 3.63) is 76.4 Å². The third-order valence-electron chi connectivity index (χ3n) is 3.31. The molecule has 1 aromatic rings. The molecular formula is C18H19ClN4O2. The maximum Gasteiger partial charge on any atom is 0.274 e. The number of pyridine rings is 1. The van der Waals surface area contributed by atoms with Gasteiger partial charge in [-0.15, -0.1) is 0 Å². The molecule has 1 aromatic heterocycles. The Labute approximate surface area is 151 Å². The number of amides is 1. The number of nitriles is 1. The molecule has 0 saturated heterocycles. The van der Waals surface area contributed by atoms with E-state index in [0.717, 1.165) is 0 Å². The Hall–Kier alpha value is -3.04. The van der Waals surface area contributed by atoms with Gasteiger partial charge in [-0.1, -0.05) is 36.9 Å². The summed E-state index contributed by atoms with van der Waals surface area (Å²) in [6.45, 7) is 8.72. The van der Waals surface area contributed by atoms with Crippen LogP contribution in [-0.2, 0) is 11.8 Å². The van der Waals surface area contributed by atoms with Gasteiger partial charge in [0.25, 0.3) is 11.5 Å². The number of carbonyl (C=O) groups excluding carboxylic acids is 1. The molecular weight excluding hydrogens is 340 g/mol. The Morgan fingerprint density at radius 1 is 1.48 bits per heavy atom. The average Bonchev–Trinajstić information content (AvgIpc) is 2.56. The van der Waals surface area contributed by atoms with Crippen LogP contribution in [0.2, 0.25) is 0 Å². The van der Waals surface area contributed by atoms with Crippen LogP contribution < -0.4 is 16.2 Å². The van der Waals surface area contributed by atoms with Gasteiger partial charge in [-0.05, 0) is 31.3 Å². The summed E-state index contributed by atoms with van der Waals surface area (Å²) in [7, 11) is 1.51. The fourth-order valence-corrected chi connectivity index (χ4v) is 2.09. The molecule has 0 spiro atoms. The van der Waals surface area contributed by atoms with Crippen molar-refractivity contribution < 1.29 is 4.79 Å². The van der Waals surface area contributed by atoms with Gasteiger partial charge in [0.15, 0.2) is 0 Å². The first-order valence-corrected chi connectivity index (χ1v) is 7.70. The Bertz CT molecular complexity index is 844. The van der Waals surface area contributed by atoms with Gasteiger partial charge in [0.2, 0.25) is 0 Å². The Morgan fingerprint density at radius 2 is 2.16 bits per heavy atom. The van der Waals surface area contributed by atoms with Gasteiger partial charge < -0.3 is 15.2 Å². The van der Waals surface area contributed by atoms with Gasteiger partial charge in [-0.25, -0.2) is 0 Å². The molecule has 6 nitrogen and oxygen atoms in total. The zero-order valence-corrected chi connectivity index (χ0v) is 14.8. The minimum absolute atomic E-state index is 0.243. The van der Waals surface area contributed by atoms with Crippen LogP contribution in [0.15, 0.2) is 65.1 Å². The van der Waals surface area contributed by atoms with Gasteiger partial charge in [-0.3, -0.25) is 9.59 Å². The van der Waals surface area contributed by atoms with Crippen molar-refractivity contribution in [3.8, 4) is 6.07 Å². The van der Waals surface area contributed by atoms with Crippen molar-refractivity contribution in [2.24, 2.45) is 7.05 Å². The molecule has 130 valence electrons. The third kappa shape index (κ3) is 5.52. The Kier molecular flexibility index (Phi) is 7.44. The molecule has 0 aromatic carbocycles. The molecule has 1 unspecified atom stereocenters. The fraction of sp³-hybridized carbons (Fsp3) is 0.167. The summed E-state index contributed by atoms with van der Waals surface area (Å²) in [6.07, 6.45) is 5.96. The summed E-state index contributed by atoms with van der Waals surface area (Å²) in [5.41, 5.74) is 0.517. The number of carbonyl (C=O) groups is 1. The summed E-state index contributed by atoms with van der Waals surface area (Å²) < 4.78 is 1.24. The monoisotopic (exact) mass is 358 g/mol. The molecule has 0 aliphatic heterocycles. The molecule has 1 heterocycles. The first kappa shape index (κ1) is 20.0. The number of rotatable bonds is 7. The van der Waals surface area contributed by atoms with Crippen LogP contribution in [0.3, 0.4) is 0 Å². The Balaban J connectivity index is 3.16. The van der Waals surface area contributed by atoms with E-state index in [4.69, 9.17) is 16.9 Å². The second-order valence-corrected chi connectivity index (χ2v) is 5.57. The lowest BCUT2D eigenvalue weighted by Gasteiger charge is -2.18. The highest BCUT2D eigenvalue weighted by Crippen LogP contribution is 2.11. The third-order valence-corrected chi connectivity index (χ3v) is 3.43. The molecule has 1 amide bonds. The number of nitrogens with zero attached hydrogens (tertiary/aromatic N) is 2. The summed E-state index contributed by atoms with van der Waals surface area (Å²) >= 11 is 5.66. The minimum Gasteiger partial charge on any atom is -0.374 e. The van der Waals surface area contributed by atoms with E-state index in [0.29, 0.717) is 10.6 Å². The predicted molar refractivity (Wildman–Crippen MR) is 100 cm³/mol. The topological polar surface area (TPSA) is 86.9 Å². The van der Waals surface area contributed by atoms with Gasteiger partial charge >= 0.3 is 0 Å². The van der Waals surface area contributed by atoms with Gasteiger partial charge in [0, 0.05) is 17.7 Å². The first-order valence-electron chi connectivity index (χ1n) is 7.33. The van der Waals surface area contributed by atoms with Gasteiger partial charge in [0.05, 0.1) is 6.04 Å². The van der Waals surface area contributed by atoms with E-state index in [1.54, 1.807) is 19.1 Å². The van der Waals surface area contributed by atoms with Gasteiger partial charge in [0.1, 0.15) is 17.5 Å². The van der Waals surface area contributed by atoms with E-state index >= 15 is 0 Å². The quantitative estimate of drug-likeness (QED) is 0.579. The molecule has 1 rings (SSSR count). The van der Waals surface area contributed by atoms with Crippen molar-refractivity contribution in [2.75, 3.05) is 5.32 Å². The largest absolute Gasteiger partial charge is 0.374 e. The normalized spacial score (nSPS) is 12.3. The summed E-state index contributed by atoms with van der Waals surface area (Å²) in [5, 5.41) is 14.8. The van der Waals surface area contributed by atoms with Crippen molar-refractivity contribution in [1.29, 1.82) is 5.26 Å². The molecule has 0 fully saturated rings. The van der Waals surface area contributed by atoms with Crippen LogP contribution >= 0.6 is 11.6 Å². The minimum atomic E-state index is -0.492. The molecule has 1 atom stereocenters. The van der Waals surface area contributed by atoms with E-state index in [2.05, 4.69) is 23.8 Å². The molecule has 0 radical (unpaired) electrons. The molecule has 0 bridgehead atoms. The molecule has 0 saturated carbocycles. The number of halogens is 1. The highest BCUT2D eigenvalue weighted by atomic mass is 35.5. The Morgan fingerprint density at radius 3 is 2.72 bits per heavy atom. The smallest absolute Gasteiger partial charge is 0.274 e.